The molecule has 0 saturated carbocycles. The number of likely N-dealkylation sites (tertiary alicyclic amines) is 1. The highest BCUT2D eigenvalue weighted by atomic mass is 32.2. The van der Waals surface area contributed by atoms with Gasteiger partial charge in [-0.3, -0.25) is 4.90 Å². The summed E-state index contributed by atoms with van der Waals surface area (Å²) >= 11 is 2.01. The number of fused-ring (bicyclic) bond motifs is 4. The predicted octanol–water partition coefficient (Wildman–Crippen LogP) is 6.83. The fraction of sp³-hybridized carbons (Fsp3) is 0.515. The van der Waals surface area contributed by atoms with Crippen LogP contribution in [0.25, 0.3) is 21.8 Å². The summed E-state index contributed by atoms with van der Waals surface area (Å²) in [6.07, 6.45) is 14.4. The molecule has 4 heterocycles. The van der Waals surface area contributed by atoms with Crippen molar-refractivity contribution in [2.24, 2.45) is 5.92 Å². The number of H-pyrrole nitrogens is 2. The van der Waals surface area contributed by atoms with E-state index < -0.39 is 0 Å². The third-order valence-corrected chi connectivity index (χ3v) is 10.6. The topological polar surface area (TPSA) is 46.9 Å². The van der Waals surface area contributed by atoms with Gasteiger partial charge in [0, 0.05) is 64.7 Å². The maximum absolute atomic E-state index is 3.68. The first kappa shape index (κ1) is 24.8. The van der Waals surface area contributed by atoms with Gasteiger partial charge in [-0.1, -0.05) is 31.2 Å². The molecular weight excluding hydrogens is 484 g/mol. The molecule has 5 heteroatoms. The standard InChI is InChI=1S/C19H26N2S.C14H16N2/c1-3-7-21-11-13(12-22-2)8-16-15-5-4-6-17-19(15)14(10-20-17)9-18(16)21;1-3-11-10-4-2-6-15-13(10)7-9-8-16-12(5-1)14(9)11/h4-6,10,13,16,18,20H,3,7-9,11-12H2,1-2H3;1,3,5,8,10,13,15-16H,2,4,6-7H2/t13-,16-,18-;10-,13-/m11/s1. The molecule has 0 spiro atoms. The Labute approximate surface area is 231 Å². The molecule has 2 aliphatic carbocycles. The molecule has 0 bridgehead atoms. The van der Waals surface area contributed by atoms with Crippen LogP contribution in [-0.2, 0) is 12.8 Å². The van der Waals surface area contributed by atoms with Crippen LogP contribution in [0.3, 0.4) is 0 Å². The molecule has 2 aliphatic heterocycles. The molecule has 4 aliphatic rings. The summed E-state index contributed by atoms with van der Waals surface area (Å²) in [5.41, 5.74) is 8.86. The van der Waals surface area contributed by atoms with Crippen molar-refractivity contribution >= 4 is 33.6 Å². The van der Waals surface area contributed by atoms with Crippen LogP contribution in [0.1, 0.15) is 66.7 Å². The van der Waals surface area contributed by atoms with Crippen molar-refractivity contribution < 1.29 is 0 Å². The number of aromatic nitrogens is 2. The summed E-state index contributed by atoms with van der Waals surface area (Å²) in [4.78, 5) is 9.69. The van der Waals surface area contributed by atoms with Crippen molar-refractivity contribution in [1.82, 2.24) is 20.2 Å². The number of rotatable bonds is 4. The first-order valence-corrected chi connectivity index (χ1v) is 16.3. The zero-order chi connectivity index (χ0) is 25.6. The van der Waals surface area contributed by atoms with Crippen molar-refractivity contribution in [3.8, 4) is 0 Å². The second-order valence-electron chi connectivity index (χ2n) is 12.1. The van der Waals surface area contributed by atoms with E-state index in [9.17, 15) is 0 Å². The molecule has 0 radical (unpaired) electrons. The van der Waals surface area contributed by atoms with E-state index in [1.807, 2.05) is 11.8 Å². The average molecular weight is 527 g/mol. The average Bonchev–Trinajstić information content (AvgIpc) is 3.56. The van der Waals surface area contributed by atoms with E-state index in [1.165, 1.54) is 96.8 Å². The van der Waals surface area contributed by atoms with Crippen molar-refractivity contribution in [1.29, 1.82) is 0 Å². The third kappa shape index (κ3) is 4.22. The van der Waals surface area contributed by atoms with Crippen LogP contribution in [0.5, 0.6) is 0 Å². The summed E-state index contributed by atoms with van der Waals surface area (Å²) in [5, 5.41) is 6.72. The largest absolute Gasteiger partial charge is 0.361 e. The van der Waals surface area contributed by atoms with Crippen LogP contribution in [0.2, 0.25) is 0 Å². The zero-order valence-corrected chi connectivity index (χ0v) is 23.7. The Balaban J connectivity index is 0.000000133. The van der Waals surface area contributed by atoms with E-state index in [2.05, 4.69) is 82.2 Å². The van der Waals surface area contributed by atoms with Crippen molar-refractivity contribution in [2.75, 3.05) is 31.6 Å². The second-order valence-corrected chi connectivity index (χ2v) is 13.0. The number of hydrogen-bond donors (Lipinski definition) is 3. The minimum Gasteiger partial charge on any atom is -0.361 e. The maximum Gasteiger partial charge on any atom is 0.0459 e. The van der Waals surface area contributed by atoms with Gasteiger partial charge in [0.25, 0.3) is 0 Å². The van der Waals surface area contributed by atoms with Crippen LogP contribution >= 0.6 is 11.8 Å². The normalized spacial score (nSPS) is 28.0. The molecular formula is C33H42N4S. The monoisotopic (exact) mass is 526 g/mol. The summed E-state index contributed by atoms with van der Waals surface area (Å²) in [6, 6.07) is 15.0. The summed E-state index contributed by atoms with van der Waals surface area (Å²) in [5.74, 6) is 3.61. The molecule has 3 N–H and O–H groups in total. The van der Waals surface area contributed by atoms with E-state index in [4.69, 9.17) is 0 Å². The number of nitrogens with zero attached hydrogens (tertiary/aromatic N) is 1. The Morgan fingerprint density at radius 1 is 0.921 bits per heavy atom. The highest BCUT2D eigenvalue weighted by Gasteiger charge is 2.40. The van der Waals surface area contributed by atoms with Gasteiger partial charge in [0.05, 0.1) is 0 Å². The van der Waals surface area contributed by atoms with E-state index >= 15 is 0 Å². The summed E-state index contributed by atoms with van der Waals surface area (Å²) in [6.45, 7) is 6.06. The Hall–Kier alpha value is -2.21. The van der Waals surface area contributed by atoms with Gasteiger partial charge in [-0.15, -0.1) is 0 Å². The lowest BCUT2D eigenvalue weighted by molar-refractivity contribution is 0.0926. The lowest BCUT2D eigenvalue weighted by Crippen LogP contribution is -2.50. The minimum atomic E-state index is 0.669. The van der Waals surface area contributed by atoms with Gasteiger partial charge in [-0.05, 0) is 104 Å². The summed E-state index contributed by atoms with van der Waals surface area (Å²) in [7, 11) is 0. The SMILES string of the molecule is CCCN1C[C@H](CSC)C[C@@H]2c3cccc4[nH]cc(c34)C[C@H]21.c1cc2c3c(c[nH]c3c1)C[C@H]1NCCC[C@H]21. The van der Waals surface area contributed by atoms with Crippen molar-refractivity contribution in [2.45, 2.75) is 69.4 Å². The smallest absolute Gasteiger partial charge is 0.0459 e. The second kappa shape index (κ2) is 10.4. The van der Waals surface area contributed by atoms with E-state index in [-0.39, 0.29) is 0 Å². The lowest BCUT2D eigenvalue weighted by atomic mass is 9.72. The maximum atomic E-state index is 3.68. The predicted molar refractivity (Wildman–Crippen MR) is 163 cm³/mol. The number of piperidine rings is 2. The van der Waals surface area contributed by atoms with Gasteiger partial charge < -0.3 is 15.3 Å². The number of aromatic amines is 2. The Kier molecular flexibility index (Phi) is 6.79. The molecule has 0 amide bonds. The molecule has 38 heavy (non-hydrogen) atoms. The number of nitrogens with one attached hydrogen (secondary N) is 3. The first-order chi connectivity index (χ1) is 18.7. The first-order valence-electron chi connectivity index (χ1n) is 14.9. The molecule has 4 nitrogen and oxygen atoms in total. The molecule has 2 saturated heterocycles. The van der Waals surface area contributed by atoms with Gasteiger partial charge in [0.2, 0.25) is 0 Å². The molecule has 4 aromatic rings. The Morgan fingerprint density at radius 2 is 1.63 bits per heavy atom. The molecule has 200 valence electrons. The van der Waals surface area contributed by atoms with Gasteiger partial charge >= 0.3 is 0 Å². The lowest BCUT2D eigenvalue weighted by Gasteiger charge is -2.47. The molecule has 2 aromatic carbocycles. The fourth-order valence-corrected chi connectivity index (χ4v) is 9.04. The zero-order valence-electron chi connectivity index (χ0n) is 22.9. The van der Waals surface area contributed by atoms with Gasteiger partial charge in [0.1, 0.15) is 0 Å². The van der Waals surface area contributed by atoms with Crippen molar-refractivity contribution in [3.05, 3.63) is 71.0 Å². The van der Waals surface area contributed by atoms with E-state index in [0.29, 0.717) is 12.1 Å². The number of benzene rings is 2. The molecule has 8 rings (SSSR count). The van der Waals surface area contributed by atoms with E-state index in [1.54, 1.807) is 11.1 Å². The Bertz CT molecular complexity index is 1420. The fourth-order valence-electron chi connectivity index (χ4n) is 8.33. The van der Waals surface area contributed by atoms with Gasteiger partial charge in [-0.25, -0.2) is 0 Å². The Morgan fingerprint density at radius 3 is 2.34 bits per heavy atom. The molecule has 5 atom stereocenters. The number of thioether (sulfide) groups is 1. The van der Waals surface area contributed by atoms with Crippen LogP contribution in [-0.4, -0.2) is 58.6 Å². The van der Waals surface area contributed by atoms with Crippen molar-refractivity contribution in [3.63, 3.8) is 0 Å². The van der Waals surface area contributed by atoms with Gasteiger partial charge in [0.15, 0.2) is 0 Å². The quantitative estimate of drug-likeness (QED) is 0.273. The molecule has 2 fully saturated rings. The van der Waals surface area contributed by atoms with E-state index in [0.717, 1.165) is 17.8 Å². The van der Waals surface area contributed by atoms with Crippen LogP contribution < -0.4 is 5.32 Å². The minimum absolute atomic E-state index is 0.669. The highest BCUT2D eigenvalue weighted by molar-refractivity contribution is 7.98. The molecule has 0 unspecified atom stereocenters. The number of hydrogen-bond acceptors (Lipinski definition) is 3. The summed E-state index contributed by atoms with van der Waals surface area (Å²) < 4.78 is 0. The highest BCUT2D eigenvalue weighted by Crippen LogP contribution is 2.45. The third-order valence-electron chi connectivity index (χ3n) is 9.82. The van der Waals surface area contributed by atoms with Crippen LogP contribution in [0.15, 0.2) is 48.8 Å². The van der Waals surface area contributed by atoms with Gasteiger partial charge in [-0.2, -0.15) is 11.8 Å². The van der Waals surface area contributed by atoms with Crippen LogP contribution in [0, 0.1) is 5.92 Å². The molecule has 2 aromatic heterocycles. The van der Waals surface area contributed by atoms with Crippen LogP contribution in [0.4, 0.5) is 0 Å².